The van der Waals surface area contributed by atoms with Gasteiger partial charge in [0.25, 0.3) is 0 Å². The molecule has 0 amide bonds. The van der Waals surface area contributed by atoms with E-state index in [1.165, 1.54) is 12.1 Å². The standard InChI is InChI=1S/C13H13F2N3/c1-7-12-11(2-3-16-7)13(18-17-12)8-4-9(14)6-10(15)5-8/h4-7,16H,2-3H2,1H3,(H,17,18). The number of hydrogen-bond donors (Lipinski definition) is 2. The van der Waals surface area contributed by atoms with E-state index in [-0.39, 0.29) is 6.04 Å². The van der Waals surface area contributed by atoms with Gasteiger partial charge in [-0.3, -0.25) is 5.10 Å². The third kappa shape index (κ3) is 1.80. The van der Waals surface area contributed by atoms with Crippen LogP contribution in [-0.2, 0) is 6.42 Å². The van der Waals surface area contributed by atoms with Crippen LogP contribution in [0, 0.1) is 11.6 Å². The van der Waals surface area contributed by atoms with Crippen LogP contribution >= 0.6 is 0 Å². The number of H-pyrrole nitrogens is 1. The molecular weight excluding hydrogens is 236 g/mol. The number of aromatic nitrogens is 2. The van der Waals surface area contributed by atoms with Crippen LogP contribution in [0.4, 0.5) is 8.78 Å². The second-order valence-electron chi connectivity index (χ2n) is 4.55. The second-order valence-corrected chi connectivity index (χ2v) is 4.55. The summed E-state index contributed by atoms with van der Waals surface area (Å²) in [5.74, 6) is -1.16. The Hall–Kier alpha value is -1.75. The molecular formula is C13H13F2N3. The van der Waals surface area contributed by atoms with Crippen LogP contribution in [-0.4, -0.2) is 16.7 Å². The van der Waals surface area contributed by atoms with Gasteiger partial charge in [0.1, 0.15) is 11.6 Å². The third-order valence-corrected chi connectivity index (χ3v) is 3.29. The first-order chi connectivity index (χ1) is 8.65. The maximum atomic E-state index is 13.2. The van der Waals surface area contributed by atoms with Crippen LogP contribution in [0.5, 0.6) is 0 Å². The van der Waals surface area contributed by atoms with Crippen molar-refractivity contribution in [3.63, 3.8) is 0 Å². The zero-order valence-electron chi connectivity index (χ0n) is 9.93. The van der Waals surface area contributed by atoms with Gasteiger partial charge in [0.05, 0.1) is 11.4 Å². The Balaban J connectivity index is 2.12. The van der Waals surface area contributed by atoms with Crippen LogP contribution in [0.3, 0.4) is 0 Å². The number of halogens is 2. The van der Waals surface area contributed by atoms with Crippen LogP contribution in [0.25, 0.3) is 11.3 Å². The number of nitrogens with one attached hydrogen (secondary N) is 2. The lowest BCUT2D eigenvalue weighted by Gasteiger charge is -2.20. The van der Waals surface area contributed by atoms with Crippen molar-refractivity contribution >= 4 is 0 Å². The molecule has 3 nitrogen and oxygen atoms in total. The Morgan fingerprint density at radius 1 is 1.22 bits per heavy atom. The molecule has 3 rings (SSSR count). The van der Waals surface area contributed by atoms with Crippen molar-refractivity contribution in [2.45, 2.75) is 19.4 Å². The fourth-order valence-corrected chi connectivity index (χ4v) is 2.43. The Kier molecular flexibility index (Phi) is 2.63. The molecule has 0 spiro atoms. The van der Waals surface area contributed by atoms with E-state index in [9.17, 15) is 8.78 Å². The molecule has 2 N–H and O–H groups in total. The summed E-state index contributed by atoms with van der Waals surface area (Å²) < 4.78 is 26.5. The summed E-state index contributed by atoms with van der Waals surface area (Å²) in [5.41, 5.74) is 3.18. The Bertz CT molecular complexity index is 572. The molecule has 0 radical (unpaired) electrons. The van der Waals surface area contributed by atoms with Crippen LogP contribution < -0.4 is 5.32 Å². The molecule has 1 aromatic carbocycles. The van der Waals surface area contributed by atoms with Crippen molar-refractivity contribution in [1.29, 1.82) is 0 Å². The molecule has 5 heteroatoms. The van der Waals surface area contributed by atoms with Crippen molar-refractivity contribution < 1.29 is 8.78 Å². The van der Waals surface area contributed by atoms with Gasteiger partial charge in [-0.2, -0.15) is 5.10 Å². The summed E-state index contributed by atoms with van der Waals surface area (Å²) in [6, 6.07) is 3.68. The highest BCUT2D eigenvalue weighted by molar-refractivity contribution is 5.64. The number of hydrogen-bond acceptors (Lipinski definition) is 2. The van der Waals surface area contributed by atoms with E-state index in [0.717, 1.165) is 30.3 Å². The molecule has 1 aliphatic rings. The maximum absolute atomic E-state index is 13.2. The zero-order chi connectivity index (χ0) is 12.7. The third-order valence-electron chi connectivity index (χ3n) is 3.29. The fourth-order valence-electron chi connectivity index (χ4n) is 2.43. The van der Waals surface area contributed by atoms with E-state index < -0.39 is 11.6 Å². The maximum Gasteiger partial charge on any atom is 0.126 e. The summed E-state index contributed by atoms with van der Waals surface area (Å²) in [7, 11) is 0. The molecule has 0 fully saturated rings. The Morgan fingerprint density at radius 2 is 1.94 bits per heavy atom. The lowest BCUT2D eigenvalue weighted by atomic mass is 9.97. The highest BCUT2D eigenvalue weighted by atomic mass is 19.1. The largest absolute Gasteiger partial charge is 0.309 e. The van der Waals surface area contributed by atoms with Gasteiger partial charge in [-0.25, -0.2) is 8.78 Å². The minimum Gasteiger partial charge on any atom is -0.309 e. The van der Waals surface area contributed by atoms with Gasteiger partial charge in [-0.15, -0.1) is 0 Å². The van der Waals surface area contributed by atoms with Gasteiger partial charge in [-0.1, -0.05) is 0 Å². The fraction of sp³-hybridized carbons (Fsp3) is 0.308. The average Bonchev–Trinajstić information content (AvgIpc) is 2.73. The van der Waals surface area contributed by atoms with E-state index in [4.69, 9.17) is 0 Å². The molecule has 1 aliphatic heterocycles. The summed E-state index contributed by atoms with van der Waals surface area (Å²) in [6.07, 6.45) is 0.809. The van der Waals surface area contributed by atoms with Gasteiger partial charge < -0.3 is 5.32 Å². The highest BCUT2D eigenvalue weighted by Gasteiger charge is 2.22. The summed E-state index contributed by atoms with van der Waals surface area (Å²) in [5, 5.41) is 10.5. The number of nitrogens with zero attached hydrogens (tertiary/aromatic N) is 1. The molecule has 94 valence electrons. The number of rotatable bonds is 1. The van der Waals surface area contributed by atoms with Gasteiger partial charge in [-0.05, 0) is 32.0 Å². The van der Waals surface area contributed by atoms with Gasteiger partial charge >= 0.3 is 0 Å². The van der Waals surface area contributed by atoms with Gasteiger partial charge in [0, 0.05) is 23.2 Å². The lowest BCUT2D eigenvalue weighted by Crippen LogP contribution is -2.27. The molecule has 0 aliphatic carbocycles. The van der Waals surface area contributed by atoms with E-state index in [1.807, 2.05) is 6.92 Å². The number of fused-ring (bicyclic) bond motifs is 1. The SMILES string of the molecule is CC1NCCc2c(-c3cc(F)cc(F)c3)n[nH]c21. The van der Waals surface area contributed by atoms with E-state index >= 15 is 0 Å². The summed E-state index contributed by atoms with van der Waals surface area (Å²) in [6.45, 7) is 2.88. The molecule has 18 heavy (non-hydrogen) atoms. The molecule has 1 unspecified atom stereocenters. The molecule has 2 heterocycles. The predicted molar refractivity (Wildman–Crippen MR) is 64.1 cm³/mol. The topological polar surface area (TPSA) is 40.7 Å². The smallest absolute Gasteiger partial charge is 0.126 e. The molecule has 0 saturated carbocycles. The first-order valence-electron chi connectivity index (χ1n) is 5.92. The van der Waals surface area contributed by atoms with E-state index in [1.54, 1.807) is 0 Å². The number of benzene rings is 1. The zero-order valence-corrected chi connectivity index (χ0v) is 9.93. The van der Waals surface area contributed by atoms with Gasteiger partial charge in [0.15, 0.2) is 0 Å². The van der Waals surface area contributed by atoms with Crippen molar-refractivity contribution in [1.82, 2.24) is 15.5 Å². The predicted octanol–water partition coefficient (Wildman–Crippen LogP) is 2.56. The average molecular weight is 249 g/mol. The van der Waals surface area contributed by atoms with Crippen LogP contribution in [0.15, 0.2) is 18.2 Å². The molecule has 1 aromatic heterocycles. The minimum atomic E-state index is -0.580. The summed E-state index contributed by atoms with van der Waals surface area (Å²) >= 11 is 0. The second kappa shape index (κ2) is 4.17. The van der Waals surface area contributed by atoms with Crippen molar-refractivity contribution in [3.8, 4) is 11.3 Å². The minimum absolute atomic E-state index is 0.188. The monoisotopic (exact) mass is 249 g/mol. The molecule has 0 bridgehead atoms. The lowest BCUT2D eigenvalue weighted by molar-refractivity contribution is 0.529. The van der Waals surface area contributed by atoms with Crippen molar-refractivity contribution in [2.75, 3.05) is 6.54 Å². The first-order valence-corrected chi connectivity index (χ1v) is 5.92. The summed E-state index contributed by atoms with van der Waals surface area (Å²) in [4.78, 5) is 0. The molecule has 2 aromatic rings. The van der Waals surface area contributed by atoms with E-state index in [0.29, 0.717) is 11.3 Å². The quantitative estimate of drug-likeness (QED) is 0.815. The van der Waals surface area contributed by atoms with Crippen molar-refractivity contribution in [2.24, 2.45) is 0 Å². The number of aromatic amines is 1. The van der Waals surface area contributed by atoms with Crippen LogP contribution in [0.1, 0.15) is 24.2 Å². The normalized spacial score (nSPS) is 18.7. The van der Waals surface area contributed by atoms with Crippen molar-refractivity contribution in [3.05, 3.63) is 41.1 Å². The Morgan fingerprint density at radius 3 is 2.67 bits per heavy atom. The molecule has 1 atom stereocenters. The first kappa shape index (κ1) is 11.3. The van der Waals surface area contributed by atoms with Crippen LogP contribution in [0.2, 0.25) is 0 Å². The Labute approximate surface area is 103 Å². The molecule has 0 saturated heterocycles. The van der Waals surface area contributed by atoms with E-state index in [2.05, 4.69) is 15.5 Å². The highest BCUT2D eigenvalue weighted by Crippen LogP contribution is 2.30. The van der Waals surface area contributed by atoms with Gasteiger partial charge in [0.2, 0.25) is 0 Å².